The zero-order valence-corrected chi connectivity index (χ0v) is 17.2. The predicted octanol–water partition coefficient (Wildman–Crippen LogP) is 2.50. The van der Waals surface area contributed by atoms with Gasteiger partial charge in [-0.05, 0) is 36.2 Å². The van der Waals surface area contributed by atoms with Crippen molar-refractivity contribution in [2.45, 2.75) is 24.8 Å². The Bertz CT molecular complexity index is 1310. The molecule has 0 aliphatic carbocycles. The normalized spacial score (nSPS) is 12.5. The van der Waals surface area contributed by atoms with Crippen LogP contribution in [0, 0.1) is 17.8 Å². The molecular weight excluding hydrogens is 410 g/mol. The highest BCUT2D eigenvalue weighted by Gasteiger charge is 2.28. The minimum absolute atomic E-state index is 0.105. The number of carbonyl (C=O) groups excluding carboxylic acids is 1. The number of hydrogen-bond donors (Lipinski definition) is 2. The molecule has 9 heteroatoms. The van der Waals surface area contributed by atoms with Gasteiger partial charge in [-0.2, -0.15) is 4.72 Å². The lowest BCUT2D eigenvalue weighted by atomic mass is 10.1. The Hall–Kier alpha value is -3.35. The van der Waals surface area contributed by atoms with Gasteiger partial charge in [-0.15, -0.1) is 0 Å². The number of nitrogens with one attached hydrogen (secondary N) is 1. The summed E-state index contributed by atoms with van der Waals surface area (Å²) >= 11 is 0. The number of carboxylic acids is 1. The molecular formula is C21H19NO7S. The lowest BCUT2D eigenvalue weighted by Crippen LogP contribution is -2.44. The summed E-state index contributed by atoms with van der Waals surface area (Å²) in [5.74, 6) is 2.69. The van der Waals surface area contributed by atoms with E-state index in [-0.39, 0.29) is 4.90 Å². The molecule has 0 radical (unpaired) electrons. The second-order valence-corrected chi connectivity index (χ2v) is 8.61. The third kappa shape index (κ3) is 4.30. The number of carbonyl (C=O) groups is 2. The second kappa shape index (κ2) is 8.18. The van der Waals surface area contributed by atoms with E-state index in [4.69, 9.17) is 4.42 Å². The summed E-state index contributed by atoms with van der Waals surface area (Å²) in [7, 11) is -2.83. The number of methoxy groups -OCH3 is 1. The Morgan fingerprint density at radius 1 is 1.10 bits per heavy atom. The molecule has 2 aromatic carbocycles. The Balaban J connectivity index is 2.02. The van der Waals surface area contributed by atoms with Crippen LogP contribution in [-0.4, -0.2) is 38.6 Å². The van der Waals surface area contributed by atoms with Crippen LogP contribution in [0.25, 0.3) is 21.9 Å². The first-order valence-corrected chi connectivity index (χ1v) is 10.4. The van der Waals surface area contributed by atoms with E-state index in [1.165, 1.54) is 19.2 Å². The molecule has 3 rings (SSSR count). The molecule has 8 nitrogen and oxygen atoms in total. The summed E-state index contributed by atoms with van der Waals surface area (Å²) in [5.41, 5.74) is 1.40. The molecule has 0 saturated carbocycles. The molecule has 0 fully saturated rings. The molecule has 1 heterocycles. The van der Waals surface area contributed by atoms with E-state index in [1.54, 1.807) is 38.1 Å². The van der Waals surface area contributed by atoms with Gasteiger partial charge in [-0.25, -0.2) is 13.2 Å². The van der Waals surface area contributed by atoms with Crippen molar-refractivity contribution in [1.82, 2.24) is 4.72 Å². The van der Waals surface area contributed by atoms with Gasteiger partial charge in [0.2, 0.25) is 10.0 Å². The van der Waals surface area contributed by atoms with Gasteiger partial charge in [0, 0.05) is 28.3 Å². The van der Waals surface area contributed by atoms with Gasteiger partial charge >= 0.3 is 11.9 Å². The quantitative estimate of drug-likeness (QED) is 0.472. The average Bonchev–Trinajstić information content (AvgIpc) is 3.06. The maximum atomic E-state index is 12.7. The van der Waals surface area contributed by atoms with Crippen molar-refractivity contribution >= 4 is 43.9 Å². The number of ether oxygens (including phenoxy) is 1. The summed E-state index contributed by atoms with van der Waals surface area (Å²) in [4.78, 5) is 22.4. The fourth-order valence-electron chi connectivity index (χ4n) is 2.88. The number of hydrogen-bond acceptors (Lipinski definition) is 6. The van der Waals surface area contributed by atoms with Gasteiger partial charge < -0.3 is 14.3 Å². The van der Waals surface area contributed by atoms with Crippen molar-refractivity contribution in [3.8, 4) is 11.8 Å². The molecule has 0 aliphatic rings. The van der Waals surface area contributed by atoms with E-state index in [0.717, 1.165) is 0 Å². The number of carboxylic acid groups (broad SMARTS) is 1. The first kappa shape index (κ1) is 21.4. The average molecular weight is 429 g/mol. The molecule has 30 heavy (non-hydrogen) atoms. The number of sulfonamides is 1. The molecule has 0 saturated heterocycles. The molecule has 0 aliphatic heterocycles. The van der Waals surface area contributed by atoms with E-state index >= 15 is 0 Å². The third-order valence-corrected chi connectivity index (χ3v) is 5.90. The second-order valence-electron chi connectivity index (χ2n) is 6.89. The first-order valence-electron chi connectivity index (χ1n) is 8.94. The highest BCUT2D eigenvalue weighted by atomic mass is 32.2. The van der Waals surface area contributed by atoms with Crippen LogP contribution in [0.5, 0.6) is 0 Å². The molecule has 1 atom stereocenters. The van der Waals surface area contributed by atoms with E-state index in [0.29, 0.717) is 27.5 Å². The van der Waals surface area contributed by atoms with Crippen LogP contribution in [0.3, 0.4) is 0 Å². The molecule has 0 unspecified atom stereocenters. The fraction of sp³-hybridized carbons (Fsp3) is 0.238. The Labute approximate surface area is 172 Å². The van der Waals surface area contributed by atoms with E-state index in [1.807, 2.05) is 0 Å². The van der Waals surface area contributed by atoms with Gasteiger partial charge in [-0.1, -0.05) is 19.8 Å². The van der Waals surface area contributed by atoms with E-state index < -0.39 is 33.9 Å². The number of aliphatic carboxylic acids is 1. The molecule has 0 spiro atoms. The van der Waals surface area contributed by atoms with Gasteiger partial charge in [0.1, 0.15) is 17.2 Å². The van der Waals surface area contributed by atoms with Gasteiger partial charge in [-0.3, -0.25) is 4.79 Å². The zero-order chi connectivity index (χ0) is 22.1. The molecule has 0 bridgehead atoms. The SMILES string of the molecule is COC(=O)C#Cc1ccc2oc3cc(S(=O)(=O)N[C@H](C(=O)O)C(C)C)ccc3c2c1. The van der Waals surface area contributed by atoms with Crippen LogP contribution >= 0.6 is 0 Å². The number of furan rings is 1. The molecule has 0 amide bonds. The summed E-state index contributed by atoms with van der Waals surface area (Å²) in [6.07, 6.45) is 0. The Morgan fingerprint density at radius 3 is 2.47 bits per heavy atom. The van der Waals surface area contributed by atoms with Gasteiger partial charge in [0.25, 0.3) is 0 Å². The van der Waals surface area contributed by atoms with Crippen molar-refractivity contribution in [1.29, 1.82) is 0 Å². The lowest BCUT2D eigenvalue weighted by Gasteiger charge is -2.17. The van der Waals surface area contributed by atoms with Crippen LogP contribution < -0.4 is 4.72 Å². The summed E-state index contributed by atoms with van der Waals surface area (Å²) in [6, 6.07) is 8.11. The van der Waals surface area contributed by atoms with Gasteiger partial charge in [0.15, 0.2) is 0 Å². The third-order valence-electron chi connectivity index (χ3n) is 4.46. The number of fused-ring (bicyclic) bond motifs is 3. The van der Waals surface area contributed by atoms with E-state index in [2.05, 4.69) is 21.3 Å². The van der Waals surface area contributed by atoms with Crippen LogP contribution in [-0.2, 0) is 24.3 Å². The topological polar surface area (TPSA) is 123 Å². The van der Waals surface area contributed by atoms with Crippen LogP contribution in [0.4, 0.5) is 0 Å². The van der Waals surface area contributed by atoms with Crippen molar-refractivity contribution in [3.63, 3.8) is 0 Å². The smallest absolute Gasteiger partial charge is 0.384 e. The van der Waals surface area contributed by atoms with Crippen LogP contribution in [0.2, 0.25) is 0 Å². The monoisotopic (exact) mass is 429 g/mol. The molecule has 156 valence electrons. The summed E-state index contributed by atoms with van der Waals surface area (Å²) < 4.78 is 37.8. The van der Waals surface area contributed by atoms with Crippen LogP contribution in [0.1, 0.15) is 19.4 Å². The lowest BCUT2D eigenvalue weighted by molar-refractivity contribution is -0.140. The fourth-order valence-corrected chi connectivity index (χ4v) is 4.24. The van der Waals surface area contributed by atoms with Crippen molar-refractivity contribution < 1.29 is 32.3 Å². The molecule has 1 aromatic heterocycles. The largest absolute Gasteiger partial charge is 0.480 e. The predicted molar refractivity (Wildman–Crippen MR) is 109 cm³/mol. The maximum Gasteiger partial charge on any atom is 0.384 e. The van der Waals surface area contributed by atoms with Crippen LogP contribution in [0.15, 0.2) is 45.7 Å². The Morgan fingerprint density at radius 2 is 1.83 bits per heavy atom. The van der Waals surface area contributed by atoms with Crippen molar-refractivity contribution in [2.75, 3.05) is 7.11 Å². The summed E-state index contributed by atoms with van der Waals surface area (Å²) in [6.45, 7) is 3.23. The van der Waals surface area contributed by atoms with Crippen molar-refractivity contribution in [3.05, 3.63) is 42.0 Å². The highest BCUT2D eigenvalue weighted by Crippen LogP contribution is 2.31. The van der Waals surface area contributed by atoms with E-state index in [9.17, 15) is 23.1 Å². The summed E-state index contributed by atoms with van der Waals surface area (Å²) in [5, 5.41) is 10.6. The minimum atomic E-state index is -4.07. The van der Waals surface area contributed by atoms with Gasteiger partial charge in [0.05, 0.1) is 12.0 Å². The standard InChI is InChI=1S/C21H19NO7S/c1-12(2)20(21(24)25)22-30(26,27)14-6-7-15-16-10-13(5-9-19(23)28-3)4-8-17(16)29-18(15)11-14/h4,6-8,10-12,20,22H,1-3H3,(H,24,25)/t20-/m0/s1. The maximum absolute atomic E-state index is 12.7. The zero-order valence-electron chi connectivity index (χ0n) is 16.4. The number of rotatable bonds is 5. The number of esters is 1. The number of benzene rings is 2. The van der Waals surface area contributed by atoms with Crippen molar-refractivity contribution in [2.24, 2.45) is 5.92 Å². The highest BCUT2D eigenvalue weighted by molar-refractivity contribution is 7.89. The first-order chi connectivity index (χ1) is 14.1. The Kier molecular flexibility index (Phi) is 5.82. The molecule has 2 N–H and O–H groups in total. The molecule has 3 aromatic rings. The minimum Gasteiger partial charge on any atom is -0.480 e.